The maximum absolute atomic E-state index is 12.3. The van der Waals surface area contributed by atoms with Crippen molar-refractivity contribution in [2.45, 2.75) is 30.9 Å². The molecule has 0 heterocycles. The van der Waals surface area contributed by atoms with Crippen LogP contribution in [0.3, 0.4) is 0 Å². The minimum Gasteiger partial charge on any atom is -0.507 e. The lowest BCUT2D eigenvalue weighted by Crippen LogP contribution is -2.08. The zero-order valence-corrected chi connectivity index (χ0v) is 41.7. The smallest absolute Gasteiger partial charge is 0.298 e. The fourth-order valence-corrected chi connectivity index (χ4v) is 10.3. The first kappa shape index (κ1) is 54.8. The summed E-state index contributed by atoms with van der Waals surface area (Å²) in [5.41, 5.74) is -2.24. The van der Waals surface area contributed by atoms with Crippen LogP contribution in [0.15, 0.2) is 140 Å². The van der Waals surface area contributed by atoms with Crippen LogP contribution < -0.4 is 4.74 Å². The zero-order valence-electron chi connectivity index (χ0n) is 36.0. The number of ether oxygens (including phenoxy) is 1. The Kier molecular flexibility index (Phi) is 14.6. The molecule has 0 fully saturated rings. The first-order chi connectivity index (χ1) is 34.1. The van der Waals surface area contributed by atoms with Crippen molar-refractivity contribution in [2.24, 2.45) is 30.7 Å². The molecule has 0 spiro atoms. The summed E-state index contributed by atoms with van der Waals surface area (Å²) in [6.45, 7) is -0.441. The summed E-state index contributed by atoms with van der Waals surface area (Å²) in [4.78, 5) is -4.75. The van der Waals surface area contributed by atoms with E-state index in [1.165, 1.54) is 6.07 Å². The van der Waals surface area contributed by atoms with Gasteiger partial charge in [0.15, 0.2) is 0 Å². The van der Waals surface area contributed by atoms with E-state index in [0.717, 1.165) is 60.7 Å². The van der Waals surface area contributed by atoms with E-state index >= 15 is 0 Å². The van der Waals surface area contributed by atoms with E-state index in [9.17, 15) is 93.1 Å². The third kappa shape index (κ3) is 12.0. The van der Waals surface area contributed by atoms with Crippen molar-refractivity contribution < 1.29 is 97.9 Å². The number of nitrogens with zero attached hydrogens (tertiary/aromatic N) is 6. The molecule has 0 unspecified atom stereocenters. The predicted octanol–water partition coefficient (Wildman–Crippen LogP) is 8.05. The minimum absolute atomic E-state index is 0.0262. The number of rotatable bonds is 16. The topological polar surface area (TPSA) is 470 Å². The summed E-state index contributed by atoms with van der Waals surface area (Å²) in [7, 11) is -29.9. The van der Waals surface area contributed by atoms with E-state index in [4.69, 9.17) is 16.3 Å². The van der Waals surface area contributed by atoms with Gasteiger partial charge in [0.2, 0.25) is 0 Å². The molecule has 0 saturated heterocycles. The highest BCUT2D eigenvalue weighted by molar-refractivity contribution is 7.87. The number of phenolic OH excluding ortho intramolecular Hbond substituents is 3. The van der Waals surface area contributed by atoms with Gasteiger partial charge in [-0.2, -0.15) is 50.5 Å². The Morgan fingerprint density at radius 1 is 0.432 bits per heavy atom. The molecular weight excluding hydrogens is 1130 g/mol. The van der Waals surface area contributed by atoms with Gasteiger partial charge in [-0.15, -0.1) is 30.7 Å². The molecule has 35 heteroatoms. The zero-order chi connectivity index (χ0) is 54.7. The van der Waals surface area contributed by atoms with Gasteiger partial charge >= 0.3 is 0 Å². The van der Waals surface area contributed by atoms with Crippen LogP contribution in [-0.4, -0.2) is 106 Å². The SMILES string of the molecule is O=S(=O)(O)CCCOc1cc(N=Nc2cc(S(=O)(=O)O)cc3cc(S(=O)(=O)O)cc(O)c23)c(Cl)cc1N=Nc1ccc(N=Nc2cc(S(=O)(=O)O)c(O)c3ccc(S(=O)(=O)O)c(O)c23)c2cc(S(=O)(=O)O)ccc12. The highest BCUT2D eigenvalue weighted by atomic mass is 35.5. The van der Waals surface area contributed by atoms with Crippen LogP contribution in [0.1, 0.15) is 6.42 Å². The molecule has 7 rings (SSSR count). The average Bonchev–Trinajstić information content (AvgIpc) is 3.27. The summed E-state index contributed by atoms with van der Waals surface area (Å²) in [5, 5.41) is 53.9. The Labute approximate surface area is 421 Å². The van der Waals surface area contributed by atoms with Gasteiger partial charge in [0.1, 0.15) is 44.2 Å². The Bertz CT molecular complexity index is 4360. The second-order valence-electron chi connectivity index (χ2n) is 15.1. The van der Waals surface area contributed by atoms with Crippen molar-refractivity contribution in [2.75, 3.05) is 12.4 Å². The molecular formula is C39H29ClN6O22S6. The van der Waals surface area contributed by atoms with E-state index < -0.39 is 137 Å². The van der Waals surface area contributed by atoms with Gasteiger partial charge in [0.05, 0.1) is 65.6 Å². The molecule has 0 saturated carbocycles. The highest BCUT2D eigenvalue weighted by Crippen LogP contribution is 2.47. The number of phenols is 3. The van der Waals surface area contributed by atoms with E-state index in [-0.39, 0.29) is 61.5 Å². The quantitative estimate of drug-likeness (QED) is 0.0251. The maximum atomic E-state index is 12.3. The lowest BCUT2D eigenvalue weighted by Gasteiger charge is -2.12. The maximum Gasteiger partial charge on any atom is 0.298 e. The standard InChI is InChI=1S/C39H29ClN6O22S6/c40-25-15-29(33(68-8-1-9-69(50,51)52)16-28(25)43-45-30-13-20(71(56,57)58)10-18-11-21(72(59,60)61)14-32(47)36(18)30)44-41-26-5-6-27(24-12-19(70(53,54)55)2-3-22(24)26)42-46-31-17-35(74(65,66)67)38(48)23-4-7-34(73(62,63)64)39(49)37(23)31/h2-7,10-17,47-49H,1,8-9H2,(H,50,51,52)(H,53,54,55)(H,56,57,58)(H,59,60,61)(H,62,63,64)(H,65,66,67). The first-order valence-electron chi connectivity index (χ1n) is 19.5. The Balaban J connectivity index is 1.36. The number of hydrogen-bond acceptors (Lipinski definition) is 22. The third-order valence-electron chi connectivity index (χ3n) is 10.1. The lowest BCUT2D eigenvalue weighted by atomic mass is 10.1. The van der Waals surface area contributed by atoms with Gasteiger partial charge in [-0.1, -0.05) is 17.7 Å². The van der Waals surface area contributed by atoms with Gasteiger partial charge in [-0.05, 0) is 78.5 Å². The molecule has 0 atom stereocenters. The number of azo groups is 3. The molecule has 0 bridgehead atoms. The van der Waals surface area contributed by atoms with E-state index in [1.54, 1.807) is 0 Å². The van der Waals surface area contributed by atoms with Crippen LogP contribution in [-0.2, 0) is 60.7 Å². The monoisotopic (exact) mass is 1160 g/mol. The molecule has 0 amide bonds. The van der Waals surface area contributed by atoms with Crippen molar-refractivity contribution >= 4 is 139 Å². The second-order valence-corrected chi connectivity index (χ2v) is 24.1. The van der Waals surface area contributed by atoms with Crippen LogP contribution in [0.2, 0.25) is 5.02 Å². The summed E-state index contributed by atoms with van der Waals surface area (Å²) >= 11 is 6.55. The van der Waals surface area contributed by atoms with Gasteiger partial charge in [-0.3, -0.25) is 27.3 Å². The van der Waals surface area contributed by atoms with E-state index in [2.05, 4.69) is 30.7 Å². The van der Waals surface area contributed by atoms with E-state index in [0.29, 0.717) is 18.2 Å². The first-order valence-corrected chi connectivity index (χ1v) is 28.7. The van der Waals surface area contributed by atoms with Crippen LogP contribution in [0.5, 0.6) is 23.0 Å². The molecule has 74 heavy (non-hydrogen) atoms. The summed E-state index contributed by atoms with van der Waals surface area (Å²) < 4.78 is 208. The number of aromatic hydroxyl groups is 3. The number of halogens is 1. The highest BCUT2D eigenvalue weighted by Gasteiger charge is 2.27. The Morgan fingerprint density at radius 2 is 0.946 bits per heavy atom. The Hall–Kier alpha value is -6.93. The molecule has 0 aliphatic rings. The predicted molar refractivity (Wildman–Crippen MR) is 256 cm³/mol. The fourth-order valence-electron chi connectivity index (χ4n) is 6.88. The normalized spacial score (nSPS) is 13.3. The van der Waals surface area contributed by atoms with Crippen LogP contribution in [0.4, 0.5) is 34.1 Å². The lowest BCUT2D eigenvalue weighted by molar-refractivity contribution is 0.317. The largest absolute Gasteiger partial charge is 0.507 e. The molecule has 9 N–H and O–H groups in total. The van der Waals surface area contributed by atoms with Crippen LogP contribution in [0, 0.1) is 0 Å². The molecule has 28 nitrogen and oxygen atoms in total. The van der Waals surface area contributed by atoms with Crippen molar-refractivity contribution in [3.05, 3.63) is 90.0 Å². The van der Waals surface area contributed by atoms with E-state index in [1.807, 2.05) is 0 Å². The Morgan fingerprint density at radius 3 is 1.51 bits per heavy atom. The van der Waals surface area contributed by atoms with Crippen molar-refractivity contribution in [3.8, 4) is 23.0 Å². The van der Waals surface area contributed by atoms with Gasteiger partial charge in [0, 0.05) is 28.3 Å². The molecule has 0 aliphatic heterocycles. The summed E-state index contributed by atoms with van der Waals surface area (Å²) in [6.07, 6.45) is -0.316. The van der Waals surface area contributed by atoms with Crippen molar-refractivity contribution in [1.29, 1.82) is 0 Å². The van der Waals surface area contributed by atoms with Crippen molar-refractivity contribution in [1.82, 2.24) is 0 Å². The number of fused-ring (bicyclic) bond motifs is 3. The minimum atomic E-state index is -5.26. The molecule has 7 aromatic carbocycles. The summed E-state index contributed by atoms with van der Waals surface area (Å²) in [6, 6.07) is 12.1. The molecule has 0 aromatic heterocycles. The molecule has 0 radical (unpaired) electrons. The van der Waals surface area contributed by atoms with Gasteiger partial charge < -0.3 is 20.1 Å². The van der Waals surface area contributed by atoms with Crippen LogP contribution in [0.25, 0.3) is 32.3 Å². The number of hydrogen-bond donors (Lipinski definition) is 9. The molecule has 0 aliphatic carbocycles. The van der Waals surface area contributed by atoms with Crippen molar-refractivity contribution in [3.63, 3.8) is 0 Å². The average molecular weight is 1160 g/mol. The second kappa shape index (κ2) is 19.7. The van der Waals surface area contributed by atoms with Gasteiger partial charge in [0.25, 0.3) is 60.7 Å². The fraction of sp³-hybridized carbons (Fsp3) is 0.0769. The molecule has 7 aromatic rings. The van der Waals surface area contributed by atoms with Gasteiger partial charge in [-0.25, -0.2) is 0 Å². The summed E-state index contributed by atoms with van der Waals surface area (Å²) in [5.74, 6) is -4.33. The third-order valence-corrected chi connectivity index (χ3v) is 15.5. The number of benzene rings is 7. The van der Waals surface area contributed by atoms with Crippen LogP contribution >= 0.6 is 11.6 Å². The molecule has 390 valence electrons.